The van der Waals surface area contributed by atoms with E-state index in [1.54, 1.807) is 35.6 Å². The average molecular weight is 409 g/mol. The Hall–Kier alpha value is -1.64. The van der Waals surface area contributed by atoms with Crippen LogP contribution in [-0.2, 0) is 12.8 Å². The van der Waals surface area contributed by atoms with E-state index in [0.29, 0.717) is 5.75 Å². The van der Waals surface area contributed by atoms with Gasteiger partial charge in [-0.15, -0.1) is 10.2 Å². The fourth-order valence-electron chi connectivity index (χ4n) is 1.83. The first kappa shape index (κ1) is 16.2. The molecule has 8 heteroatoms. The maximum Gasteiger partial charge on any atom is 0.250 e. The van der Waals surface area contributed by atoms with Crippen molar-refractivity contribution in [2.24, 2.45) is 7.05 Å². The summed E-state index contributed by atoms with van der Waals surface area (Å²) in [5.41, 5.74) is 1.94. The Balaban J connectivity index is 1.63. The molecule has 0 radical (unpaired) electrons. The molecule has 1 N–H and O–H groups in total. The predicted octanol–water partition coefficient (Wildman–Crippen LogP) is 4.04. The molecule has 2 heterocycles. The molecule has 3 rings (SSSR count). The van der Waals surface area contributed by atoms with Crippen molar-refractivity contribution < 1.29 is 0 Å². The van der Waals surface area contributed by atoms with Crippen molar-refractivity contribution in [1.29, 1.82) is 0 Å². The lowest BCUT2D eigenvalue weighted by Crippen LogP contribution is -2.14. The Morgan fingerprint density at radius 3 is 2.96 bits per heavy atom. The molecule has 0 atom stereocenters. The molecule has 5 nitrogen and oxygen atoms in total. The van der Waals surface area contributed by atoms with Gasteiger partial charge in [0.25, 0.3) is 5.56 Å². The van der Waals surface area contributed by atoms with Gasteiger partial charge in [-0.3, -0.25) is 4.79 Å². The molecule has 2 aromatic heterocycles. The van der Waals surface area contributed by atoms with Gasteiger partial charge in [0.05, 0.1) is 0 Å². The second-order valence-electron chi connectivity index (χ2n) is 4.78. The summed E-state index contributed by atoms with van der Waals surface area (Å²) in [7, 11) is 1.74. The SMILES string of the molecule is Cn1ccc(CSc2nnc(Nc3cccc(Br)c3)s2)cc1=O. The lowest BCUT2D eigenvalue weighted by molar-refractivity contribution is 0.855. The number of hydrogen-bond acceptors (Lipinski definition) is 6. The number of halogens is 1. The summed E-state index contributed by atoms with van der Waals surface area (Å²) in [6, 6.07) is 11.5. The van der Waals surface area contributed by atoms with Gasteiger partial charge in [-0.2, -0.15) is 0 Å². The van der Waals surface area contributed by atoms with Gasteiger partial charge in [-0.1, -0.05) is 45.1 Å². The van der Waals surface area contributed by atoms with Crippen LogP contribution in [0.25, 0.3) is 0 Å². The number of hydrogen-bond donors (Lipinski definition) is 1. The zero-order valence-corrected chi connectivity index (χ0v) is 15.4. The van der Waals surface area contributed by atoms with Gasteiger partial charge in [0.1, 0.15) is 0 Å². The highest BCUT2D eigenvalue weighted by Gasteiger charge is 2.06. The minimum absolute atomic E-state index is 0.00243. The Morgan fingerprint density at radius 2 is 2.17 bits per heavy atom. The first-order valence-electron chi connectivity index (χ1n) is 6.74. The maximum atomic E-state index is 11.6. The van der Waals surface area contributed by atoms with Crippen molar-refractivity contribution in [3.8, 4) is 0 Å². The van der Waals surface area contributed by atoms with E-state index in [2.05, 4.69) is 31.4 Å². The van der Waals surface area contributed by atoms with E-state index in [9.17, 15) is 4.79 Å². The van der Waals surface area contributed by atoms with Gasteiger partial charge < -0.3 is 9.88 Å². The third-order valence-corrected chi connectivity index (χ3v) is 5.55. The highest BCUT2D eigenvalue weighted by molar-refractivity contribution is 9.10. The van der Waals surface area contributed by atoms with E-state index in [1.165, 1.54) is 11.3 Å². The zero-order valence-electron chi connectivity index (χ0n) is 12.2. The number of benzene rings is 1. The summed E-state index contributed by atoms with van der Waals surface area (Å²) in [6.07, 6.45) is 1.78. The normalized spacial score (nSPS) is 10.7. The Morgan fingerprint density at radius 1 is 1.30 bits per heavy atom. The summed E-state index contributed by atoms with van der Waals surface area (Å²) < 4.78 is 3.43. The smallest absolute Gasteiger partial charge is 0.250 e. The van der Waals surface area contributed by atoms with Crippen molar-refractivity contribution in [2.75, 3.05) is 5.32 Å². The van der Waals surface area contributed by atoms with E-state index in [4.69, 9.17) is 0 Å². The predicted molar refractivity (Wildman–Crippen MR) is 98.6 cm³/mol. The van der Waals surface area contributed by atoms with Crippen LogP contribution in [0.1, 0.15) is 5.56 Å². The maximum absolute atomic E-state index is 11.6. The molecule has 0 spiro atoms. The monoisotopic (exact) mass is 408 g/mol. The van der Waals surface area contributed by atoms with Crippen LogP contribution < -0.4 is 10.9 Å². The van der Waals surface area contributed by atoms with E-state index < -0.39 is 0 Å². The molecule has 0 saturated heterocycles. The average Bonchev–Trinajstić information content (AvgIpc) is 2.96. The lowest BCUT2D eigenvalue weighted by Gasteiger charge is -2.01. The minimum Gasteiger partial charge on any atom is -0.330 e. The van der Waals surface area contributed by atoms with E-state index in [-0.39, 0.29) is 5.56 Å². The zero-order chi connectivity index (χ0) is 16.2. The number of anilines is 2. The largest absolute Gasteiger partial charge is 0.330 e. The minimum atomic E-state index is -0.00243. The second-order valence-corrected chi connectivity index (χ2v) is 7.90. The molecule has 23 heavy (non-hydrogen) atoms. The number of nitrogens with zero attached hydrogens (tertiary/aromatic N) is 3. The quantitative estimate of drug-likeness (QED) is 0.645. The van der Waals surface area contributed by atoms with Gasteiger partial charge >= 0.3 is 0 Å². The van der Waals surface area contributed by atoms with Crippen molar-refractivity contribution in [3.05, 3.63) is 63.0 Å². The van der Waals surface area contributed by atoms with Crippen LogP contribution in [0.15, 0.2) is 56.2 Å². The van der Waals surface area contributed by atoms with Gasteiger partial charge in [0, 0.05) is 35.2 Å². The molecule has 1 aromatic carbocycles. The highest BCUT2D eigenvalue weighted by atomic mass is 79.9. The van der Waals surface area contributed by atoms with E-state index in [0.717, 1.165) is 25.2 Å². The van der Waals surface area contributed by atoms with Crippen LogP contribution >= 0.6 is 39.0 Å². The van der Waals surface area contributed by atoms with Gasteiger partial charge in [0.2, 0.25) is 5.13 Å². The summed E-state index contributed by atoms with van der Waals surface area (Å²) in [4.78, 5) is 11.6. The summed E-state index contributed by atoms with van der Waals surface area (Å²) >= 11 is 6.50. The first-order valence-corrected chi connectivity index (χ1v) is 9.34. The molecule has 0 fully saturated rings. The van der Waals surface area contributed by atoms with Gasteiger partial charge in [-0.05, 0) is 29.8 Å². The lowest BCUT2D eigenvalue weighted by atomic mass is 10.3. The van der Waals surface area contributed by atoms with Crippen LogP contribution in [-0.4, -0.2) is 14.8 Å². The van der Waals surface area contributed by atoms with Crippen molar-refractivity contribution in [2.45, 2.75) is 10.1 Å². The molecular weight excluding hydrogens is 396 g/mol. The summed E-state index contributed by atoms with van der Waals surface area (Å²) in [5.74, 6) is 0.696. The molecule has 118 valence electrons. The van der Waals surface area contributed by atoms with Crippen LogP contribution in [0, 0.1) is 0 Å². The van der Waals surface area contributed by atoms with Gasteiger partial charge in [-0.25, -0.2) is 0 Å². The van der Waals surface area contributed by atoms with E-state index >= 15 is 0 Å². The third kappa shape index (κ3) is 4.43. The van der Waals surface area contributed by atoms with Gasteiger partial charge in [0.15, 0.2) is 4.34 Å². The molecule has 0 saturated carbocycles. The Bertz CT molecular complexity index is 878. The Labute approximate surface area is 149 Å². The van der Waals surface area contributed by atoms with Crippen LogP contribution in [0.2, 0.25) is 0 Å². The first-order chi connectivity index (χ1) is 11.1. The molecular formula is C15H13BrN4OS2. The van der Waals surface area contributed by atoms with Crippen molar-refractivity contribution in [3.63, 3.8) is 0 Å². The number of thioether (sulfide) groups is 1. The molecule has 0 unspecified atom stereocenters. The molecule has 0 amide bonds. The fraction of sp³-hybridized carbons (Fsp3) is 0.133. The molecule has 3 aromatic rings. The second kappa shape index (κ2) is 7.29. The number of rotatable bonds is 5. The number of aryl methyl sites for hydroxylation is 1. The highest BCUT2D eigenvalue weighted by Crippen LogP contribution is 2.30. The number of aromatic nitrogens is 3. The van der Waals surface area contributed by atoms with E-state index in [1.807, 2.05) is 30.3 Å². The third-order valence-electron chi connectivity index (χ3n) is 3.01. The molecule has 0 aliphatic rings. The van der Waals surface area contributed by atoms with Crippen LogP contribution in [0.5, 0.6) is 0 Å². The molecule has 0 aliphatic heterocycles. The fourth-order valence-corrected chi connectivity index (χ4v) is 3.95. The topological polar surface area (TPSA) is 59.8 Å². The van der Waals surface area contributed by atoms with Crippen molar-refractivity contribution in [1.82, 2.24) is 14.8 Å². The van der Waals surface area contributed by atoms with Crippen molar-refractivity contribution >= 4 is 49.8 Å². The van der Waals surface area contributed by atoms with Crippen LogP contribution in [0.3, 0.4) is 0 Å². The summed E-state index contributed by atoms with van der Waals surface area (Å²) in [6.45, 7) is 0. The standard InChI is InChI=1S/C15H13BrN4OS2/c1-20-6-5-10(7-13(20)21)9-22-15-19-18-14(23-15)17-12-4-2-3-11(16)8-12/h2-8H,9H2,1H3,(H,17,18). The molecule has 0 aliphatic carbocycles. The number of pyridine rings is 1. The number of nitrogens with one attached hydrogen (secondary N) is 1. The van der Waals surface area contributed by atoms with Crippen LogP contribution in [0.4, 0.5) is 10.8 Å². The Kier molecular flexibility index (Phi) is 5.14. The molecule has 0 bridgehead atoms. The summed E-state index contributed by atoms with van der Waals surface area (Å²) in [5, 5.41) is 12.3.